The number of ether oxygens (including phenoxy) is 1. The first-order valence-corrected chi connectivity index (χ1v) is 5.96. The second-order valence-electron chi connectivity index (χ2n) is 3.80. The third-order valence-electron chi connectivity index (χ3n) is 2.66. The van der Waals surface area contributed by atoms with Gasteiger partial charge in [0.25, 0.3) is 0 Å². The topological polar surface area (TPSA) is 26.3 Å². The quantitative estimate of drug-likeness (QED) is 0.620. The van der Waals surface area contributed by atoms with E-state index in [1.165, 1.54) is 0 Å². The summed E-state index contributed by atoms with van der Waals surface area (Å²) in [5.74, 6) is 0.733. The van der Waals surface area contributed by atoms with Crippen molar-refractivity contribution >= 4 is 23.4 Å². The van der Waals surface area contributed by atoms with Crippen molar-refractivity contribution in [3.05, 3.63) is 65.2 Å². The summed E-state index contributed by atoms with van der Waals surface area (Å²) >= 11 is 4.82. The summed E-state index contributed by atoms with van der Waals surface area (Å²) in [7, 11) is 1.60. The van der Waals surface area contributed by atoms with Crippen LogP contribution in [0.3, 0.4) is 0 Å². The van der Waals surface area contributed by atoms with E-state index in [0.29, 0.717) is 11.1 Å². The average Bonchev–Trinajstić information content (AvgIpc) is 2.47. The van der Waals surface area contributed by atoms with Crippen LogP contribution in [-0.4, -0.2) is 18.3 Å². The van der Waals surface area contributed by atoms with Gasteiger partial charge in [0.2, 0.25) is 0 Å². The summed E-state index contributed by atoms with van der Waals surface area (Å²) in [6, 6.07) is 14.3. The van der Waals surface area contributed by atoms with Crippen molar-refractivity contribution in [2.45, 2.75) is 0 Å². The predicted octanol–water partition coefficient (Wildman–Crippen LogP) is 3.27. The molecule has 0 aliphatic rings. The first-order chi connectivity index (χ1) is 8.74. The lowest BCUT2D eigenvalue weighted by atomic mass is 10.0. The number of rotatable bonds is 4. The zero-order chi connectivity index (χ0) is 13.0. The number of carbonyl (C=O) groups excluding carboxylic acids is 1. The minimum atomic E-state index is -0.00595. The molecule has 0 N–H and O–H groups in total. The van der Waals surface area contributed by atoms with E-state index >= 15 is 0 Å². The molecular formula is C15H12O2S. The predicted molar refractivity (Wildman–Crippen MR) is 75.6 cm³/mol. The van der Waals surface area contributed by atoms with Gasteiger partial charge in [-0.25, -0.2) is 0 Å². The fraction of sp³-hybridized carbons (Fsp3) is 0.0667. The summed E-state index contributed by atoms with van der Waals surface area (Å²) in [5, 5.41) is 1.58. The third-order valence-corrected chi connectivity index (χ3v) is 2.93. The standard InChI is InChI=1S/C15H12O2S/c1-17-14-8-6-13(7-9-14)15(16)12-4-2-11(10-18)3-5-12/h2-10H,1H3. The van der Waals surface area contributed by atoms with Crippen molar-refractivity contribution in [3.8, 4) is 5.75 Å². The van der Waals surface area contributed by atoms with Crippen LogP contribution < -0.4 is 4.74 Å². The summed E-state index contributed by atoms with van der Waals surface area (Å²) in [5.41, 5.74) is 2.22. The van der Waals surface area contributed by atoms with Gasteiger partial charge in [0, 0.05) is 16.5 Å². The molecule has 3 heteroatoms. The summed E-state index contributed by atoms with van der Waals surface area (Å²) in [4.78, 5) is 12.2. The van der Waals surface area contributed by atoms with E-state index in [1.54, 1.807) is 48.9 Å². The van der Waals surface area contributed by atoms with Crippen molar-refractivity contribution in [2.75, 3.05) is 7.11 Å². The van der Waals surface area contributed by atoms with Crippen molar-refractivity contribution in [1.29, 1.82) is 0 Å². The molecule has 2 rings (SSSR count). The van der Waals surface area contributed by atoms with Gasteiger partial charge in [-0.05, 0) is 29.8 Å². The number of methoxy groups -OCH3 is 1. The Balaban J connectivity index is 2.26. The minimum absolute atomic E-state index is 0.00595. The highest BCUT2D eigenvalue weighted by molar-refractivity contribution is 7.79. The Hall–Kier alpha value is -2.00. The molecule has 0 aromatic heterocycles. The molecule has 0 atom stereocenters. The monoisotopic (exact) mass is 256 g/mol. The Kier molecular flexibility index (Phi) is 3.85. The van der Waals surface area contributed by atoms with Crippen LogP contribution in [0.15, 0.2) is 48.5 Å². The van der Waals surface area contributed by atoms with Gasteiger partial charge in [-0.3, -0.25) is 4.79 Å². The molecule has 0 spiro atoms. The van der Waals surface area contributed by atoms with E-state index in [1.807, 2.05) is 12.1 Å². The van der Waals surface area contributed by atoms with Crippen LogP contribution in [0.4, 0.5) is 0 Å². The zero-order valence-corrected chi connectivity index (χ0v) is 10.7. The highest BCUT2D eigenvalue weighted by atomic mass is 32.1. The zero-order valence-electron chi connectivity index (χ0n) is 9.92. The molecular weight excluding hydrogens is 244 g/mol. The Morgan fingerprint density at radius 1 is 1.00 bits per heavy atom. The second kappa shape index (κ2) is 5.56. The van der Waals surface area contributed by atoms with Crippen LogP contribution in [0.1, 0.15) is 21.5 Å². The Labute approximate surface area is 111 Å². The molecule has 0 aliphatic heterocycles. The van der Waals surface area contributed by atoms with Gasteiger partial charge < -0.3 is 4.74 Å². The summed E-state index contributed by atoms with van der Waals surface area (Å²) < 4.78 is 5.06. The Morgan fingerprint density at radius 3 is 1.94 bits per heavy atom. The lowest BCUT2D eigenvalue weighted by Gasteiger charge is -2.03. The van der Waals surface area contributed by atoms with Gasteiger partial charge in [-0.2, -0.15) is 0 Å². The number of benzene rings is 2. The van der Waals surface area contributed by atoms with E-state index in [4.69, 9.17) is 17.0 Å². The average molecular weight is 256 g/mol. The van der Waals surface area contributed by atoms with Crippen LogP contribution in [0.25, 0.3) is 0 Å². The minimum Gasteiger partial charge on any atom is -0.497 e. The molecule has 90 valence electrons. The maximum absolute atomic E-state index is 12.2. The van der Waals surface area contributed by atoms with Gasteiger partial charge in [-0.15, -0.1) is 0 Å². The molecule has 0 saturated carbocycles. The van der Waals surface area contributed by atoms with E-state index in [0.717, 1.165) is 11.3 Å². The van der Waals surface area contributed by atoms with Crippen molar-refractivity contribution in [1.82, 2.24) is 0 Å². The molecule has 0 bridgehead atoms. The molecule has 0 fully saturated rings. The number of carbonyl (C=O) groups is 1. The van der Waals surface area contributed by atoms with E-state index in [-0.39, 0.29) is 5.78 Å². The maximum atomic E-state index is 12.2. The lowest BCUT2D eigenvalue weighted by molar-refractivity contribution is 0.103. The normalized spacial score (nSPS) is 9.83. The number of ketones is 1. The molecule has 2 nitrogen and oxygen atoms in total. The number of thiocarbonyl (C=S) groups is 1. The SMILES string of the molecule is COc1ccc(C(=O)c2ccc(C=S)cc2)cc1. The van der Waals surface area contributed by atoms with Crippen molar-refractivity contribution in [2.24, 2.45) is 0 Å². The van der Waals surface area contributed by atoms with Gasteiger partial charge in [0.1, 0.15) is 5.75 Å². The Bertz CT molecular complexity index is 556. The number of hydrogen-bond donors (Lipinski definition) is 0. The molecule has 0 radical (unpaired) electrons. The van der Waals surface area contributed by atoms with E-state index in [2.05, 4.69) is 0 Å². The molecule has 18 heavy (non-hydrogen) atoms. The number of hydrogen-bond acceptors (Lipinski definition) is 3. The van der Waals surface area contributed by atoms with Gasteiger partial charge >= 0.3 is 0 Å². The fourth-order valence-electron chi connectivity index (χ4n) is 1.62. The largest absolute Gasteiger partial charge is 0.497 e. The molecule has 2 aromatic carbocycles. The fourth-order valence-corrected chi connectivity index (χ4v) is 1.78. The van der Waals surface area contributed by atoms with Gasteiger partial charge in [0.05, 0.1) is 7.11 Å². The van der Waals surface area contributed by atoms with Crippen molar-refractivity contribution in [3.63, 3.8) is 0 Å². The highest BCUT2D eigenvalue weighted by Gasteiger charge is 2.08. The van der Waals surface area contributed by atoms with Crippen LogP contribution in [-0.2, 0) is 0 Å². The van der Waals surface area contributed by atoms with Crippen LogP contribution in [0.5, 0.6) is 5.75 Å². The van der Waals surface area contributed by atoms with Crippen LogP contribution in [0, 0.1) is 0 Å². The van der Waals surface area contributed by atoms with Crippen molar-refractivity contribution < 1.29 is 9.53 Å². The second-order valence-corrected chi connectivity index (χ2v) is 4.03. The summed E-state index contributed by atoms with van der Waals surface area (Å²) in [6.07, 6.45) is 0. The van der Waals surface area contributed by atoms with Crippen LogP contribution in [0.2, 0.25) is 0 Å². The van der Waals surface area contributed by atoms with E-state index < -0.39 is 0 Å². The molecule has 2 aromatic rings. The molecule has 0 amide bonds. The highest BCUT2D eigenvalue weighted by Crippen LogP contribution is 2.15. The van der Waals surface area contributed by atoms with Crippen LogP contribution >= 0.6 is 12.2 Å². The first kappa shape index (κ1) is 12.5. The smallest absolute Gasteiger partial charge is 0.193 e. The maximum Gasteiger partial charge on any atom is 0.193 e. The molecule has 0 saturated heterocycles. The molecule has 0 heterocycles. The molecule has 0 aliphatic carbocycles. The first-order valence-electron chi connectivity index (χ1n) is 5.48. The molecule has 0 unspecified atom stereocenters. The summed E-state index contributed by atoms with van der Waals surface area (Å²) in [6.45, 7) is 0. The third kappa shape index (κ3) is 2.63. The lowest BCUT2D eigenvalue weighted by Crippen LogP contribution is -2.01. The van der Waals surface area contributed by atoms with Gasteiger partial charge in [-0.1, -0.05) is 36.5 Å². The Morgan fingerprint density at radius 2 is 1.50 bits per heavy atom. The van der Waals surface area contributed by atoms with E-state index in [9.17, 15) is 4.79 Å². The van der Waals surface area contributed by atoms with Gasteiger partial charge in [0.15, 0.2) is 5.78 Å².